The van der Waals surface area contributed by atoms with Crippen molar-refractivity contribution in [1.82, 2.24) is 4.90 Å². The number of alkyl halides is 3. The number of carboxylic acids is 1. The van der Waals surface area contributed by atoms with E-state index < -0.39 is 24.0 Å². The summed E-state index contributed by atoms with van der Waals surface area (Å²) in [6.45, 7) is -0.345. The molecule has 7 heteroatoms. The van der Waals surface area contributed by atoms with Gasteiger partial charge in [-0.05, 0) is 38.5 Å². The minimum atomic E-state index is -4.19. The molecule has 114 valence electrons. The molecule has 2 aliphatic carbocycles. The van der Waals surface area contributed by atoms with Gasteiger partial charge in [-0.3, -0.25) is 9.59 Å². The van der Waals surface area contributed by atoms with Crippen LogP contribution in [0, 0.1) is 11.8 Å². The van der Waals surface area contributed by atoms with Crippen molar-refractivity contribution in [2.45, 2.75) is 50.7 Å². The Morgan fingerprint density at radius 2 is 1.60 bits per heavy atom. The first kappa shape index (κ1) is 15.1. The van der Waals surface area contributed by atoms with Gasteiger partial charge in [0.2, 0.25) is 5.91 Å². The van der Waals surface area contributed by atoms with Gasteiger partial charge in [0.25, 0.3) is 0 Å². The summed E-state index contributed by atoms with van der Waals surface area (Å²) in [6.07, 6.45) is -2.28. The second kappa shape index (κ2) is 5.61. The van der Waals surface area contributed by atoms with Crippen molar-refractivity contribution in [2.75, 3.05) is 6.54 Å². The molecule has 2 rings (SSSR count). The predicted molar refractivity (Wildman–Crippen MR) is 63.9 cm³/mol. The van der Waals surface area contributed by atoms with Gasteiger partial charge >= 0.3 is 12.1 Å². The molecule has 0 aromatic carbocycles. The van der Waals surface area contributed by atoms with Crippen molar-refractivity contribution in [1.29, 1.82) is 0 Å². The number of carbonyl (C=O) groups is 2. The molecule has 0 radical (unpaired) electrons. The Labute approximate surface area is 114 Å². The van der Waals surface area contributed by atoms with Crippen LogP contribution in [-0.4, -0.2) is 40.6 Å². The highest BCUT2D eigenvalue weighted by molar-refractivity contribution is 5.83. The zero-order chi connectivity index (χ0) is 14.9. The molecule has 2 aliphatic rings. The third-order valence-electron chi connectivity index (χ3n) is 4.12. The number of aliphatic carboxylic acids is 1. The highest BCUT2D eigenvalue weighted by Gasteiger charge is 2.44. The molecular weight excluding hydrogens is 275 g/mol. The van der Waals surface area contributed by atoms with Gasteiger partial charge in [-0.2, -0.15) is 13.2 Å². The van der Waals surface area contributed by atoms with E-state index in [9.17, 15) is 22.8 Å². The average molecular weight is 293 g/mol. The summed E-state index contributed by atoms with van der Waals surface area (Å²) in [4.78, 5) is 24.4. The lowest BCUT2D eigenvalue weighted by atomic mass is 9.81. The number of halogens is 3. The molecule has 0 heterocycles. The van der Waals surface area contributed by atoms with Crippen LogP contribution >= 0.6 is 0 Å². The van der Waals surface area contributed by atoms with Gasteiger partial charge in [0.05, 0.1) is 5.92 Å². The number of rotatable bonds is 4. The first-order chi connectivity index (χ1) is 9.29. The SMILES string of the molecule is O=C(O)CN(C(=O)C1CCC(C(F)(F)F)CC1)C1CC1. The van der Waals surface area contributed by atoms with Gasteiger partial charge in [-0.1, -0.05) is 0 Å². The molecule has 1 N–H and O–H groups in total. The van der Waals surface area contributed by atoms with Gasteiger partial charge in [0.15, 0.2) is 0 Å². The fourth-order valence-electron chi connectivity index (χ4n) is 2.82. The van der Waals surface area contributed by atoms with Crippen molar-refractivity contribution >= 4 is 11.9 Å². The van der Waals surface area contributed by atoms with E-state index in [2.05, 4.69) is 0 Å². The number of hydrogen-bond acceptors (Lipinski definition) is 2. The second-order valence-corrected chi connectivity index (χ2v) is 5.68. The average Bonchev–Trinajstić information content (AvgIpc) is 3.18. The van der Waals surface area contributed by atoms with E-state index in [1.165, 1.54) is 4.90 Å². The van der Waals surface area contributed by atoms with E-state index in [0.29, 0.717) is 0 Å². The molecule has 0 unspecified atom stereocenters. The van der Waals surface area contributed by atoms with Crippen LogP contribution in [0.5, 0.6) is 0 Å². The molecule has 0 aromatic rings. The van der Waals surface area contributed by atoms with E-state index in [1.807, 2.05) is 0 Å². The summed E-state index contributed by atoms with van der Waals surface area (Å²) < 4.78 is 37.7. The number of hydrogen-bond donors (Lipinski definition) is 1. The first-order valence-corrected chi connectivity index (χ1v) is 6.88. The van der Waals surface area contributed by atoms with Crippen LogP contribution in [0.4, 0.5) is 13.2 Å². The maximum Gasteiger partial charge on any atom is 0.391 e. The van der Waals surface area contributed by atoms with Gasteiger partial charge in [0.1, 0.15) is 6.54 Å². The summed E-state index contributed by atoms with van der Waals surface area (Å²) in [6, 6.07) is -0.0288. The quantitative estimate of drug-likeness (QED) is 0.866. The van der Waals surface area contributed by atoms with Crippen molar-refractivity contribution in [2.24, 2.45) is 11.8 Å². The van der Waals surface area contributed by atoms with Crippen LogP contribution < -0.4 is 0 Å². The van der Waals surface area contributed by atoms with Crippen LogP contribution in [0.2, 0.25) is 0 Å². The summed E-state index contributed by atoms with van der Waals surface area (Å²) in [5, 5.41) is 8.81. The number of carbonyl (C=O) groups excluding carboxylic acids is 1. The summed E-state index contributed by atoms with van der Waals surface area (Å²) in [7, 11) is 0. The Morgan fingerprint density at radius 1 is 1.05 bits per heavy atom. The lowest BCUT2D eigenvalue weighted by molar-refractivity contribution is -0.185. The van der Waals surface area contributed by atoms with E-state index >= 15 is 0 Å². The first-order valence-electron chi connectivity index (χ1n) is 6.88. The molecule has 0 saturated heterocycles. The highest BCUT2D eigenvalue weighted by Crippen LogP contribution is 2.40. The van der Waals surface area contributed by atoms with Gasteiger partial charge in [0, 0.05) is 12.0 Å². The zero-order valence-electron chi connectivity index (χ0n) is 11.0. The van der Waals surface area contributed by atoms with E-state index in [-0.39, 0.29) is 44.2 Å². The molecule has 0 aliphatic heterocycles. The normalized spacial score (nSPS) is 27.1. The third-order valence-corrected chi connectivity index (χ3v) is 4.12. The molecule has 0 aromatic heterocycles. The Hall–Kier alpha value is -1.27. The molecule has 4 nitrogen and oxygen atoms in total. The van der Waals surface area contributed by atoms with Crippen molar-refractivity contribution < 1.29 is 27.9 Å². The number of amides is 1. The Bertz CT molecular complexity index is 385. The summed E-state index contributed by atoms with van der Waals surface area (Å²) in [5.74, 6) is -3.13. The predicted octanol–water partition coefficient (Wildman–Crippen LogP) is 2.43. The largest absolute Gasteiger partial charge is 0.480 e. The maximum absolute atomic E-state index is 12.6. The van der Waals surface area contributed by atoms with Crippen LogP contribution in [-0.2, 0) is 9.59 Å². The molecule has 20 heavy (non-hydrogen) atoms. The minimum Gasteiger partial charge on any atom is -0.480 e. The second-order valence-electron chi connectivity index (χ2n) is 5.68. The molecule has 2 saturated carbocycles. The highest BCUT2D eigenvalue weighted by atomic mass is 19.4. The number of nitrogens with zero attached hydrogens (tertiary/aromatic N) is 1. The minimum absolute atomic E-state index is 0.0288. The summed E-state index contributed by atoms with van der Waals surface area (Å²) in [5.41, 5.74) is 0. The third kappa shape index (κ3) is 3.64. The molecular formula is C13H18F3NO3. The fourth-order valence-corrected chi connectivity index (χ4v) is 2.82. The van der Waals surface area contributed by atoms with Crippen LogP contribution in [0.15, 0.2) is 0 Å². The monoisotopic (exact) mass is 293 g/mol. The van der Waals surface area contributed by atoms with Crippen LogP contribution in [0.3, 0.4) is 0 Å². The van der Waals surface area contributed by atoms with Crippen molar-refractivity contribution in [3.8, 4) is 0 Å². The van der Waals surface area contributed by atoms with Crippen LogP contribution in [0.1, 0.15) is 38.5 Å². The molecule has 0 spiro atoms. The lowest BCUT2D eigenvalue weighted by Gasteiger charge is -2.32. The standard InChI is InChI=1S/C13H18F3NO3/c14-13(15,16)9-3-1-8(2-4-9)12(20)17(7-11(18)19)10-5-6-10/h8-10H,1-7H2,(H,18,19). The van der Waals surface area contributed by atoms with Gasteiger partial charge < -0.3 is 10.0 Å². The molecule has 0 atom stereocenters. The van der Waals surface area contributed by atoms with Gasteiger partial charge in [-0.25, -0.2) is 0 Å². The fraction of sp³-hybridized carbons (Fsp3) is 0.846. The van der Waals surface area contributed by atoms with E-state index in [0.717, 1.165) is 12.8 Å². The smallest absolute Gasteiger partial charge is 0.391 e. The topological polar surface area (TPSA) is 57.6 Å². The maximum atomic E-state index is 12.6. The summed E-state index contributed by atoms with van der Waals surface area (Å²) >= 11 is 0. The van der Waals surface area contributed by atoms with E-state index in [1.54, 1.807) is 0 Å². The van der Waals surface area contributed by atoms with Crippen molar-refractivity contribution in [3.63, 3.8) is 0 Å². The number of carboxylic acid groups (broad SMARTS) is 1. The van der Waals surface area contributed by atoms with Crippen molar-refractivity contribution in [3.05, 3.63) is 0 Å². The van der Waals surface area contributed by atoms with Crippen LogP contribution in [0.25, 0.3) is 0 Å². The van der Waals surface area contributed by atoms with Gasteiger partial charge in [-0.15, -0.1) is 0 Å². The Kier molecular flexibility index (Phi) is 4.25. The van der Waals surface area contributed by atoms with E-state index in [4.69, 9.17) is 5.11 Å². The lowest BCUT2D eigenvalue weighted by Crippen LogP contribution is -2.43. The molecule has 1 amide bonds. The Morgan fingerprint density at radius 3 is 2.00 bits per heavy atom. The molecule has 2 fully saturated rings. The Balaban J connectivity index is 1.91. The zero-order valence-corrected chi connectivity index (χ0v) is 11.0. The molecule has 0 bridgehead atoms.